The van der Waals surface area contributed by atoms with Crippen LogP contribution in [0.15, 0.2) is 0 Å². The van der Waals surface area contributed by atoms with E-state index in [0.29, 0.717) is 39.0 Å². The summed E-state index contributed by atoms with van der Waals surface area (Å²) in [4.78, 5) is 25.4. The molecule has 21 heavy (non-hydrogen) atoms. The molecular formula is C15H28N2O4. The van der Waals surface area contributed by atoms with E-state index in [0.717, 1.165) is 0 Å². The summed E-state index contributed by atoms with van der Waals surface area (Å²) < 4.78 is 5.12. The number of rotatable bonds is 6. The number of nitrogens with zero attached hydrogens (tertiary/aromatic N) is 1. The summed E-state index contributed by atoms with van der Waals surface area (Å²) in [6, 6.07) is -0.152. The number of urea groups is 1. The largest absolute Gasteiger partial charge is 0.481 e. The second kappa shape index (κ2) is 7.64. The minimum absolute atomic E-state index is 0.0279. The second-order valence-electron chi connectivity index (χ2n) is 6.18. The molecule has 1 aliphatic heterocycles. The fourth-order valence-corrected chi connectivity index (χ4v) is 2.69. The van der Waals surface area contributed by atoms with Crippen LogP contribution in [0.2, 0.25) is 0 Å². The highest BCUT2D eigenvalue weighted by molar-refractivity contribution is 5.77. The topological polar surface area (TPSA) is 78.9 Å². The molecule has 6 nitrogen and oxygen atoms in total. The summed E-state index contributed by atoms with van der Waals surface area (Å²) in [6.45, 7) is 7.43. The van der Waals surface area contributed by atoms with Crippen LogP contribution >= 0.6 is 0 Å². The number of carbonyl (C=O) groups excluding carboxylic acids is 1. The van der Waals surface area contributed by atoms with Crippen LogP contribution in [0.25, 0.3) is 0 Å². The van der Waals surface area contributed by atoms with Crippen LogP contribution in [0, 0.1) is 11.3 Å². The minimum atomic E-state index is -0.746. The first-order valence-corrected chi connectivity index (χ1v) is 7.64. The fourth-order valence-electron chi connectivity index (χ4n) is 2.69. The van der Waals surface area contributed by atoms with Gasteiger partial charge in [-0.2, -0.15) is 0 Å². The van der Waals surface area contributed by atoms with Crippen molar-refractivity contribution in [3.8, 4) is 0 Å². The monoisotopic (exact) mass is 300 g/mol. The average molecular weight is 300 g/mol. The van der Waals surface area contributed by atoms with Crippen molar-refractivity contribution in [1.29, 1.82) is 0 Å². The van der Waals surface area contributed by atoms with E-state index >= 15 is 0 Å². The molecule has 1 fully saturated rings. The van der Waals surface area contributed by atoms with Crippen LogP contribution in [0.4, 0.5) is 4.79 Å². The van der Waals surface area contributed by atoms with Gasteiger partial charge in [0, 0.05) is 20.2 Å². The molecule has 1 heterocycles. The first kappa shape index (κ1) is 17.8. The Labute approximate surface area is 126 Å². The molecule has 1 atom stereocenters. The zero-order valence-corrected chi connectivity index (χ0v) is 13.5. The SMILES string of the molecule is CCC1(C(=O)O)CCN(C(=O)NC(COC)C(C)C)CC1. The second-order valence-corrected chi connectivity index (χ2v) is 6.18. The predicted molar refractivity (Wildman–Crippen MR) is 80.2 cm³/mol. The number of aliphatic carboxylic acids is 1. The molecule has 122 valence electrons. The smallest absolute Gasteiger partial charge is 0.317 e. The molecule has 6 heteroatoms. The molecule has 1 unspecified atom stereocenters. The number of nitrogens with one attached hydrogen (secondary N) is 1. The molecule has 0 aromatic heterocycles. The molecule has 2 amide bonds. The van der Waals surface area contributed by atoms with Gasteiger partial charge in [-0.1, -0.05) is 20.8 Å². The average Bonchev–Trinajstić information content (AvgIpc) is 2.46. The maximum absolute atomic E-state index is 12.3. The number of carboxylic acids is 1. The van der Waals surface area contributed by atoms with Gasteiger partial charge in [-0.3, -0.25) is 4.79 Å². The van der Waals surface area contributed by atoms with Crippen LogP contribution in [-0.4, -0.2) is 54.9 Å². The number of likely N-dealkylation sites (tertiary alicyclic amines) is 1. The summed E-state index contributed by atoms with van der Waals surface area (Å²) in [7, 11) is 1.62. The van der Waals surface area contributed by atoms with E-state index in [2.05, 4.69) is 5.32 Å². The highest BCUT2D eigenvalue weighted by atomic mass is 16.5. The number of carboxylic acid groups (broad SMARTS) is 1. The Morgan fingerprint density at radius 2 is 1.90 bits per heavy atom. The van der Waals surface area contributed by atoms with Crippen LogP contribution in [0.5, 0.6) is 0 Å². The normalized spacial score (nSPS) is 19.4. The van der Waals surface area contributed by atoms with Crippen LogP contribution in [-0.2, 0) is 9.53 Å². The molecule has 0 aliphatic carbocycles. The van der Waals surface area contributed by atoms with Crippen molar-refractivity contribution in [2.24, 2.45) is 11.3 Å². The summed E-state index contributed by atoms with van der Waals surface area (Å²) in [5, 5.41) is 12.3. The van der Waals surface area contributed by atoms with Crippen LogP contribution in [0.1, 0.15) is 40.0 Å². The van der Waals surface area contributed by atoms with Gasteiger partial charge in [0.1, 0.15) is 0 Å². The lowest BCUT2D eigenvalue weighted by atomic mass is 9.76. The van der Waals surface area contributed by atoms with Gasteiger partial charge in [0.05, 0.1) is 18.1 Å². The number of ether oxygens (including phenoxy) is 1. The van der Waals surface area contributed by atoms with E-state index in [9.17, 15) is 14.7 Å². The van der Waals surface area contributed by atoms with Crippen molar-refractivity contribution in [2.75, 3.05) is 26.8 Å². The van der Waals surface area contributed by atoms with Gasteiger partial charge in [-0.05, 0) is 25.2 Å². The maximum atomic E-state index is 12.3. The number of piperidine rings is 1. The Morgan fingerprint density at radius 1 is 1.33 bits per heavy atom. The highest BCUT2D eigenvalue weighted by Gasteiger charge is 2.41. The van der Waals surface area contributed by atoms with Gasteiger partial charge < -0.3 is 20.1 Å². The van der Waals surface area contributed by atoms with Crippen LogP contribution < -0.4 is 5.32 Å². The Balaban J connectivity index is 2.57. The van der Waals surface area contributed by atoms with E-state index in [-0.39, 0.29) is 18.0 Å². The Morgan fingerprint density at radius 3 is 2.29 bits per heavy atom. The molecular weight excluding hydrogens is 272 g/mol. The van der Waals surface area contributed by atoms with E-state index in [4.69, 9.17) is 4.74 Å². The van der Waals surface area contributed by atoms with Gasteiger partial charge >= 0.3 is 12.0 Å². The minimum Gasteiger partial charge on any atom is -0.481 e. The zero-order chi connectivity index (χ0) is 16.0. The van der Waals surface area contributed by atoms with Gasteiger partial charge in [-0.15, -0.1) is 0 Å². The van der Waals surface area contributed by atoms with E-state index in [1.54, 1.807) is 12.0 Å². The number of amides is 2. The number of methoxy groups -OCH3 is 1. The van der Waals surface area contributed by atoms with E-state index in [1.807, 2.05) is 20.8 Å². The third-order valence-electron chi connectivity index (χ3n) is 4.60. The fraction of sp³-hybridized carbons (Fsp3) is 0.867. The van der Waals surface area contributed by atoms with Crippen molar-refractivity contribution in [3.05, 3.63) is 0 Å². The van der Waals surface area contributed by atoms with E-state index in [1.165, 1.54) is 0 Å². The summed E-state index contributed by atoms with van der Waals surface area (Å²) in [5.74, 6) is -0.461. The van der Waals surface area contributed by atoms with Crippen LogP contribution in [0.3, 0.4) is 0 Å². The van der Waals surface area contributed by atoms with Crippen molar-refractivity contribution in [2.45, 2.75) is 46.1 Å². The van der Waals surface area contributed by atoms with Crippen molar-refractivity contribution in [1.82, 2.24) is 10.2 Å². The molecule has 1 aliphatic rings. The lowest BCUT2D eigenvalue weighted by molar-refractivity contribution is -0.151. The highest BCUT2D eigenvalue weighted by Crippen LogP contribution is 2.35. The predicted octanol–water partition coefficient (Wildman–Crippen LogP) is 1.94. The van der Waals surface area contributed by atoms with E-state index < -0.39 is 11.4 Å². The molecule has 1 rings (SSSR count). The molecule has 0 aromatic rings. The lowest BCUT2D eigenvalue weighted by Gasteiger charge is -2.39. The molecule has 0 saturated carbocycles. The molecule has 0 spiro atoms. The molecule has 0 bridgehead atoms. The number of hydrogen-bond donors (Lipinski definition) is 2. The van der Waals surface area contributed by atoms with Gasteiger partial charge in [-0.25, -0.2) is 4.79 Å². The molecule has 2 N–H and O–H groups in total. The number of carbonyl (C=O) groups is 2. The summed E-state index contributed by atoms with van der Waals surface area (Å²) in [6.07, 6.45) is 1.64. The van der Waals surface area contributed by atoms with Crippen molar-refractivity contribution in [3.63, 3.8) is 0 Å². The molecule has 0 radical (unpaired) electrons. The summed E-state index contributed by atoms with van der Waals surface area (Å²) in [5.41, 5.74) is -0.666. The summed E-state index contributed by atoms with van der Waals surface area (Å²) >= 11 is 0. The first-order valence-electron chi connectivity index (χ1n) is 7.64. The third-order valence-corrected chi connectivity index (χ3v) is 4.60. The standard InChI is InChI=1S/C15H28N2O4/c1-5-15(13(18)19)6-8-17(9-7-15)14(20)16-12(10-21-4)11(2)3/h11-12H,5-10H2,1-4H3,(H,16,20)(H,18,19). The maximum Gasteiger partial charge on any atom is 0.317 e. The molecule has 1 saturated heterocycles. The Kier molecular flexibility index (Phi) is 6.45. The Bertz CT molecular complexity index is 363. The van der Waals surface area contributed by atoms with Gasteiger partial charge in [0.25, 0.3) is 0 Å². The quantitative estimate of drug-likeness (QED) is 0.786. The zero-order valence-electron chi connectivity index (χ0n) is 13.5. The van der Waals surface area contributed by atoms with Crippen molar-refractivity contribution < 1.29 is 19.4 Å². The molecule has 0 aromatic carbocycles. The Hall–Kier alpha value is -1.30. The number of hydrogen-bond acceptors (Lipinski definition) is 3. The van der Waals surface area contributed by atoms with Crippen molar-refractivity contribution >= 4 is 12.0 Å². The lowest BCUT2D eigenvalue weighted by Crippen LogP contribution is -2.53. The third kappa shape index (κ3) is 4.33. The first-order chi connectivity index (χ1) is 9.86. The van der Waals surface area contributed by atoms with Gasteiger partial charge in [0.2, 0.25) is 0 Å². The van der Waals surface area contributed by atoms with Gasteiger partial charge in [0.15, 0.2) is 0 Å².